The summed E-state index contributed by atoms with van der Waals surface area (Å²) < 4.78 is 18.1. The first-order valence-corrected chi connectivity index (χ1v) is 11.9. The minimum absolute atomic E-state index is 0.0741. The summed E-state index contributed by atoms with van der Waals surface area (Å²) in [6.45, 7) is 2.49. The van der Waals surface area contributed by atoms with E-state index in [1.807, 2.05) is 37.3 Å². The Morgan fingerprint density at radius 3 is 2.61 bits per heavy atom. The summed E-state index contributed by atoms with van der Waals surface area (Å²) in [5.74, 6) is 2.21. The van der Waals surface area contributed by atoms with Crippen molar-refractivity contribution in [2.75, 3.05) is 31.5 Å². The Kier molecular flexibility index (Phi) is 6.37. The number of carbonyl (C=O) groups excluding carboxylic acids is 2. The van der Waals surface area contributed by atoms with Crippen molar-refractivity contribution < 1.29 is 23.8 Å². The maximum absolute atomic E-state index is 13.3. The van der Waals surface area contributed by atoms with Gasteiger partial charge in [0.2, 0.25) is 0 Å². The highest BCUT2D eigenvalue weighted by Gasteiger charge is 2.38. The molecule has 5 rings (SSSR count). The molecule has 1 atom stereocenters. The number of hydrogen-bond acceptors (Lipinski definition) is 7. The van der Waals surface area contributed by atoms with Crippen LogP contribution >= 0.6 is 0 Å². The van der Waals surface area contributed by atoms with Gasteiger partial charge < -0.3 is 24.8 Å². The zero-order chi connectivity index (χ0) is 25.2. The van der Waals surface area contributed by atoms with Gasteiger partial charge in [0, 0.05) is 23.4 Å². The van der Waals surface area contributed by atoms with Crippen LogP contribution in [0.3, 0.4) is 0 Å². The summed E-state index contributed by atoms with van der Waals surface area (Å²) >= 11 is 0. The molecule has 9 heteroatoms. The average Bonchev–Trinajstić information content (AvgIpc) is 3.32. The van der Waals surface area contributed by atoms with Crippen LogP contribution in [-0.4, -0.2) is 42.3 Å². The first-order valence-electron chi connectivity index (χ1n) is 11.9. The average molecular weight is 489 g/mol. The molecule has 2 aromatic carbocycles. The number of carbonyl (C=O) groups is 2. The highest BCUT2D eigenvalue weighted by atomic mass is 16.5. The van der Waals surface area contributed by atoms with Gasteiger partial charge in [-0.1, -0.05) is 6.07 Å². The number of amides is 1. The third-order valence-electron chi connectivity index (χ3n) is 6.43. The number of nitrogens with one attached hydrogen (secondary N) is 2. The third kappa shape index (κ3) is 4.17. The van der Waals surface area contributed by atoms with Crippen molar-refractivity contribution in [2.24, 2.45) is 0 Å². The van der Waals surface area contributed by atoms with E-state index in [0.717, 1.165) is 29.9 Å². The van der Waals surface area contributed by atoms with Gasteiger partial charge in [-0.15, -0.1) is 0 Å². The number of rotatable bonds is 7. The number of fused-ring (bicyclic) bond motifs is 1. The van der Waals surface area contributed by atoms with Gasteiger partial charge in [0.05, 0.1) is 27.0 Å². The van der Waals surface area contributed by atoms with E-state index >= 15 is 0 Å². The van der Waals surface area contributed by atoms with E-state index in [9.17, 15) is 9.59 Å². The molecule has 0 unspecified atom stereocenters. The number of Topliss-reactive ketones (excluding diaryl/α,β-unsaturated/α-hetero) is 1. The second-order valence-electron chi connectivity index (χ2n) is 8.57. The monoisotopic (exact) mass is 488 g/mol. The molecule has 3 aromatic rings. The molecule has 2 heterocycles. The SMILES string of the molecule is CCOc1ccc(NC(=O)c2cnn3c2NC2=C(C(=O)CCC2)[C@H]3c2ccc(OC)c(OC)c2)cc1. The van der Waals surface area contributed by atoms with Gasteiger partial charge >= 0.3 is 0 Å². The van der Waals surface area contributed by atoms with Crippen molar-refractivity contribution >= 4 is 23.2 Å². The summed E-state index contributed by atoms with van der Waals surface area (Å²) in [5.41, 5.74) is 3.35. The number of aromatic nitrogens is 2. The van der Waals surface area contributed by atoms with Crippen LogP contribution in [0.4, 0.5) is 11.5 Å². The molecule has 2 aliphatic rings. The molecular weight excluding hydrogens is 460 g/mol. The lowest BCUT2D eigenvalue weighted by atomic mass is 9.85. The molecule has 186 valence electrons. The second-order valence-corrected chi connectivity index (χ2v) is 8.57. The lowest BCUT2D eigenvalue weighted by Gasteiger charge is -2.33. The second kappa shape index (κ2) is 9.77. The molecule has 1 aliphatic heterocycles. The summed E-state index contributed by atoms with van der Waals surface area (Å²) in [5, 5.41) is 10.8. The predicted molar refractivity (Wildman–Crippen MR) is 135 cm³/mol. The fourth-order valence-corrected chi connectivity index (χ4v) is 4.76. The van der Waals surface area contributed by atoms with Crippen molar-refractivity contribution in [3.05, 3.63) is 71.1 Å². The van der Waals surface area contributed by atoms with E-state index in [1.54, 1.807) is 31.0 Å². The first kappa shape index (κ1) is 23.5. The van der Waals surface area contributed by atoms with E-state index < -0.39 is 6.04 Å². The molecule has 0 spiro atoms. The molecule has 36 heavy (non-hydrogen) atoms. The number of anilines is 2. The van der Waals surface area contributed by atoms with Crippen LogP contribution in [0.15, 0.2) is 59.9 Å². The number of hydrogen-bond donors (Lipinski definition) is 2. The van der Waals surface area contributed by atoms with Gasteiger partial charge in [-0.25, -0.2) is 4.68 Å². The number of ether oxygens (including phenoxy) is 3. The number of methoxy groups -OCH3 is 2. The maximum atomic E-state index is 13.3. The molecular formula is C27H28N4O5. The fraction of sp³-hybridized carbons (Fsp3) is 0.296. The van der Waals surface area contributed by atoms with E-state index in [1.165, 1.54) is 6.20 Å². The Hall–Kier alpha value is -4.27. The van der Waals surface area contributed by atoms with Crippen molar-refractivity contribution in [1.82, 2.24) is 9.78 Å². The largest absolute Gasteiger partial charge is 0.494 e. The molecule has 1 aliphatic carbocycles. The molecule has 0 fully saturated rings. The van der Waals surface area contributed by atoms with Crippen molar-refractivity contribution in [3.8, 4) is 17.2 Å². The topological polar surface area (TPSA) is 104 Å². The van der Waals surface area contributed by atoms with Crippen LogP contribution in [0.25, 0.3) is 0 Å². The number of allylic oxidation sites excluding steroid dienone is 2. The van der Waals surface area contributed by atoms with E-state index in [0.29, 0.717) is 47.2 Å². The zero-order valence-corrected chi connectivity index (χ0v) is 20.5. The normalized spacial score (nSPS) is 16.5. The van der Waals surface area contributed by atoms with Crippen LogP contribution in [0, 0.1) is 0 Å². The van der Waals surface area contributed by atoms with Gasteiger partial charge in [-0.3, -0.25) is 9.59 Å². The molecule has 9 nitrogen and oxygen atoms in total. The van der Waals surface area contributed by atoms with Gasteiger partial charge in [-0.2, -0.15) is 5.10 Å². The minimum Gasteiger partial charge on any atom is -0.494 e. The van der Waals surface area contributed by atoms with Crippen LogP contribution in [0.1, 0.15) is 48.1 Å². The van der Waals surface area contributed by atoms with E-state index in [4.69, 9.17) is 14.2 Å². The maximum Gasteiger partial charge on any atom is 0.261 e. The summed E-state index contributed by atoms with van der Waals surface area (Å²) in [4.78, 5) is 26.3. The van der Waals surface area contributed by atoms with Crippen molar-refractivity contribution in [2.45, 2.75) is 32.2 Å². The number of benzene rings is 2. The Balaban J connectivity index is 1.52. The predicted octanol–water partition coefficient (Wildman–Crippen LogP) is 4.57. The molecule has 1 aromatic heterocycles. The molecule has 0 saturated carbocycles. The fourth-order valence-electron chi connectivity index (χ4n) is 4.76. The highest BCUT2D eigenvalue weighted by Crippen LogP contribution is 2.43. The Labute approximate surface area is 209 Å². The molecule has 0 radical (unpaired) electrons. The van der Waals surface area contributed by atoms with Crippen LogP contribution < -0.4 is 24.8 Å². The molecule has 0 bridgehead atoms. The van der Waals surface area contributed by atoms with E-state index in [-0.39, 0.29) is 11.7 Å². The van der Waals surface area contributed by atoms with Gasteiger partial charge in [0.25, 0.3) is 5.91 Å². The first-order chi connectivity index (χ1) is 17.5. The van der Waals surface area contributed by atoms with E-state index in [2.05, 4.69) is 15.7 Å². The Morgan fingerprint density at radius 1 is 1.11 bits per heavy atom. The summed E-state index contributed by atoms with van der Waals surface area (Å²) in [6.07, 6.45) is 3.48. The van der Waals surface area contributed by atoms with Crippen LogP contribution in [0.5, 0.6) is 17.2 Å². The third-order valence-corrected chi connectivity index (χ3v) is 6.43. The Bertz CT molecular complexity index is 1340. The molecule has 0 saturated heterocycles. The molecule has 1 amide bonds. The quantitative estimate of drug-likeness (QED) is 0.502. The van der Waals surface area contributed by atoms with Crippen LogP contribution in [-0.2, 0) is 4.79 Å². The number of ketones is 1. The van der Waals surface area contributed by atoms with Crippen molar-refractivity contribution in [1.29, 1.82) is 0 Å². The standard InChI is InChI=1S/C27H28N4O5/c1-4-36-18-11-9-17(10-12-18)29-27(33)19-15-28-31-25(16-8-13-22(34-2)23(14-16)35-3)24-20(30-26(19)31)6-5-7-21(24)32/h8-15,25,30H,4-7H2,1-3H3,(H,29,33)/t25-/m1/s1. The van der Waals surface area contributed by atoms with Crippen LogP contribution in [0.2, 0.25) is 0 Å². The van der Waals surface area contributed by atoms with Gasteiger partial charge in [0.15, 0.2) is 17.3 Å². The van der Waals surface area contributed by atoms with Gasteiger partial charge in [-0.05, 0) is 61.7 Å². The summed E-state index contributed by atoms with van der Waals surface area (Å²) in [7, 11) is 3.15. The van der Waals surface area contributed by atoms with Gasteiger partial charge in [0.1, 0.15) is 23.2 Å². The highest BCUT2D eigenvalue weighted by molar-refractivity contribution is 6.08. The minimum atomic E-state index is -0.490. The van der Waals surface area contributed by atoms with Crippen molar-refractivity contribution in [3.63, 3.8) is 0 Å². The Morgan fingerprint density at radius 2 is 1.89 bits per heavy atom. The zero-order valence-electron chi connectivity index (χ0n) is 20.5. The number of nitrogens with zero attached hydrogens (tertiary/aromatic N) is 2. The molecule has 2 N–H and O–H groups in total. The smallest absolute Gasteiger partial charge is 0.261 e. The summed E-state index contributed by atoms with van der Waals surface area (Å²) in [6, 6.07) is 12.3. The lowest BCUT2D eigenvalue weighted by molar-refractivity contribution is -0.116. The lowest BCUT2D eigenvalue weighted by Crippen LogP contribution is -2.32.